The van der Waals surface area contributed by atoms with Crippen LogP contribution >= 0.6 is 12.6 Å². The zero-order valence-corrected chi connectivity index (χ0v) is 7.16. The van der Waals surface area contributed by atoms with Gasteiger partial charge in [0.25, 0.3) is 0 Å². The van der Waals surface area contributed by atoms with Crippen molar-refractivity contribution in [1.82, 2.24) is 0 Å². The second-order valence-corrected chi connectivity index (χ2v) is 3.38. The van der Waals surface area contributed by atoms with Crippen molar-refractivity contribution < 1.29 is 20.3 Å². The van der Waals surface area contributed by atoms with E-state index < -0.39 is 0 Å². The summed E-state index contributed by atoms with van der Waals surface area (Å²) in [5, 5.41) is 0.720. The fourth-order valence-electron chi connectivity index (χ4n) is 1.26. The first-order valence-corrected chi connectivity index (χ1v) is 4.09. The summed E-state index contributed by atoms with van der Waals surface area (Å²) in [6, 6.07) is 0. The molecule has 0 bridgehead atoms. The fraction of sp³-hybridized carbons (Fsp3) is 1.00. The second-order valence-electron chi connectivity index (χ2n) is 2.65. The van der Waals surface area contributed by atoms with Gasteiger partial charge in [-0.2, -0.15) is 12.6 Å². The van der Waals surface area contributed by atoms with Crippen LogP contribution in [0.25, 0.3) is 0 Å². The largest absolute Gasteiger partial charge is 1.00 e. The van der Waals surface area contributed by atoms with Gasteiger partial charge in [0.05, 0.1) is 0 Å². The monoisotopic (exact) mass is 138 g/mol. The molecule has 1 aliphatic carbocycles. The molecule has 0 nitrogen and oxygen atoms in total. The molecule has 0 aromatic carbocycles. The van der Waals surface area contributed by atoms with E-state index in [2.05, 4.69) is 12.6 Å². The minimum atomic E-state index is 0. The van der Waals surface area contributed by atoms with Crippen molar-refractivity contribution in [3.8, 4) is 0 Å². The summed E-state index contributed by atoms with van der Waals surface area (Å²) in [5.41, 5.74) is 0. The summed E-state index contributed by atoms with van der Waals surface area (Å²) in [6.45, 7) is 0. The van der Waals surface area contributed by atoms with E-state index in [0.717, 1.165) is 5.25 Å². The quantitative estimate of drug-likeness (QED) is 0.266. The van der Waals surface area contributed by atoms with Crippen molar-refractivity contribution in [3.05, 3.63) is 0 Å². The smallest absolute Gasteiger partial charge is 1.00 e. The third-order valence-electron chi connectivity index (χ3n) is 1.82. The van der Waals surface area contributed by atoms with Crippen molar-refractivity contribution in [2.24, 2.45) is 0 Å². The maximum atomic E-state index is 4.43. The molecule has 1 rings (SSSR count). The van der Waals surface area contributed by atoms with Gasteiger partial charge in [0.2, 0.25) is 0 Å². The number of rotatable bonds is 0. The molecular weight excluding hydrogens is 123 g/mol. The first-order chi connectivity index (χ1) is 3.89. The molecule has 0 radical (unpaired) electrons. The molecule has 0 aromatic heterocycles. The van der Waals surface area contributed by atoms with Gasteiger partial charge in [0, 0.05) is 5.25 Å². The number of hydrogen-bond donors (Lipinski definition) is 1. The molecule has 0 atom stereocenters. The molecule has 9 heavy (non-hydrogen) atoms. The summed E-state index contributed by atoms with van der Waals surface area (Å²) in [7, 11) is 0. The predicted octanol–water partition coefficient (Wildman–Crippen LogP) is -0.245. The molecule has 0 heterocycles. The SMILES string of the molecule is SC1CCCCCC1.[H-].[Li+]. The zero-order valence-electron chi connectivity index (χ0n) is 7.27. The molecule has 0 aromatic rings. The summed E-state index contributed by atoms with van der Waals surface area (Å²) in [5.74, 6) is 0. The van der Waals surface area contributed by atoms with Gasteiger partial charge in [0.1, 0.15) is 0 Å². The Labute approximate surface area is 76.9 Å². The van der Waals surface area contributed by atoms with Crippen LogP contribution in [0, 0.1) is 0 Å². The van der Waals surface area contributed by atoms with Crippen molar-refractivity contribution in [2.75, 3.05) is 0 Å². The molecule has 1 aliphatic rings. The molecule has 50 valence electrons. The minimum absolute atomic E-state index is 0. The summed E-state index contributed by atoms with van der Waals surface area (Å²) >= 11 is 4.43. The zero-order chi connectivity index (χ0) is 5.82. The van der Waals surface area contributed by atoms with Gasteiger partial charge in [-0.05, 0) is 12.8 Å². The van der Waals surface area contributed by atoms with E-state index in [0.29, 0.717) is 0 Å². The third-order valence-corrected chi connectivity index (χ3v) is 2.34. The van der Waals surface area contributed by atoms with Crippen LogP contribution in [0.3, 0.4) is 0 Å². The van der Waals surface area contributed by atoms with Gasteiger partial charge in [-0.15, -0.1) is 0 Å². The molecule has 0 N–H and O–H groups in total. The number of hydrogen-bond acceptors (Lipinski definition) is 1. The van der Waals surface area contributed by atoms with Gasteiger partial charge < -0.3 is 1.43 Å². The molecule has 0 saturated heterocycles. The van der Waals surface area contributed by atoms with E-state index in [1.54, 1.807) is 0 Å². The van der Waals surface area contributed by atoms with Crippen molar-refractivity contribution in [2.45, 2.75) is 43.8 Å². The Balaban J connectivity index is 0. The second kappa shape index (κ2) is 5.71. The molecule has 0 amide bonds. The topological polar surface area (TPSA) is 0 Å². The average molecular weight is 138 g/mol. The van der Waals surface area contributed by atoms with Crippen LogP contribution in [0.1, 0.15) is 40.0 Å². The van der Waals surface area contributed by atoms with Crippen LogP contribution in [0.4, 0.5) is 0 Å². The Kier molecular flexibility index (Phi) is 6.31. The molecule has 2 heteroatoms. The van der Waals surface area contributed by atoms with Crippen LogP contribution in [-0.4, -0.2) is 5.25 Å². The van der Waals surface area contributed by atoms with Crippen LogP contribution in [0.2, 0.25) is 0 Å². The van der Waals surface area contributed by atoms with E-state index in [1.165, 1.54) is 38.5 Å². The normalized spacial score (nSPS) is 22.3. The fourth-order valence-corrected chi connectivity index (χ4v) is 1.62. The summed E-state index contributed by atoms with van der Waals surface area (Å²) in [4.78, 5) is 0. The first kappa shape index (κ1) is 9.95. The third kappa shape index (κ3) is 4.36. The Morgan fingerprint density at radius 3 is 1.89 bits per heavy atom. The average Bonchev–Trinajstić information content (AvgIpc) is 1.94. The molecular formula is C7H15LiS. The van der Waals surface area contributed by atoms with Crippen molar-refractivity contribution in [3.63, 3.8) is 0 Å². The molecule has 0 unspecified atom stereocenters. The van der Waals surface area contributed by atoms with Crippen molar-refractivity contribution >= 4 is 12.6 Å². The van der Waals surface area contributed by atoms with E-state index >= 15 is 0 Å². The Morgan fingerprint density at radius 2 is 1.44 bits per heavy atom. The van der Waals surface area contributed by atoms with Gasteiger partial charge in [-0.1, -0.05) is 25.7 Å². The van der Waals surface area contributed by atoms with Gasteiger partial charge >= 0.3 is 18.9 Å². The van der Waals surface area contributed by atoms with Crippen LogP contribution in [0.15, 0.2) is 0 Å². The summed E-state index contributed by atoms with van der Waals surface area (Å²) < 4.78 is 0. The van der Waals surface area contributed by atoms with Crippen molar-refractivity contribution in [1.29, 1.82) is 0 Å². The van der Waals surface area contributed by atoms with Crippen LogP contribution < -0.4 is 18.9 Å². The van der Waals surface area contributed by atoms with E-state index in [1.807, 2.05) is 0 Å². The molecule has 1 saturated carbocycles. The molecule has 1 fully saturated rings. The number of thiol groups is 1. The van der Waals surface area contributed by atoms with E-state index in [4.69, 9.17) is 0 Å². The van der Waals surface area contributed by atoms with Gasteiger partial charge in [-0.25, -0.2) is 0 Å². The van der Waals surface area contributed by atoms with Crippen LogP contribution in [0.5, 0.6) is 0 Å². The minimum Gasteiger partial charge on any atom is -1.00 e. The first-order valence-electron chi connectivity index (χ1n) is 3.57. The molecule has 0 spiro atoms. The molecule has 0 aliphatic heterocycles. The summed E-state index contributed by atoms with van der Waals surface area (Å²) in [6.07, 6.45) is 8.41. The Morgan fingerprint density at radius 1 is 1.00 bits per heavy atom. The van der Waals surface area contributed by atoms with Gasteiger partial charge in [-0.3, -0.25) is 0 Å². The van der Waals surface area contributed by atoms with E-state index in [-0.39, 0.29) is 20.3 Å². The standard InChI is InChI=1S/C7H14S.Li.H/c8-7-5-3-1-2-4-6-7;;/h7-8H,1-6H2;;/q;+1;-1. The maximum absolute atomic E-state index is 4.43. The Hall–Kier alpha value is 0.947. The van der Waals surface area contributed by atoms with Crippen LogP contribution in [-0.2, 0) is 0 Å². The predicted molar refractivity (Wildman–Crippen MR) is 41.6 cm³/mol. The maximum Gasteiger partial charge on any atom is 1.00 e. The Bertz CT molecular complexity index is 62.6. The van der Waals surface area contributed by atoms with Gasteiger partial charge in [0.15, 0.2) is 0 Å². The van der Waals surface area contributed by atoms with E-state index in [9.17, 15) is 0 Å².